The number of rotatable bonds is 2. The topological polar surface area (TPSA) is 26.6 Å². The van der Waals surface area contributed by atoms with E-state index in [-0.39, 0.29) is 0 Å². The Kier molecular flexibility index (Phi) is 4.99. The lowest BCUT2D eigenvalue weighted by Gasteiger charge is -2.09. The highest BCUT2D eigenvalue weighted by Crippen LogP contribution is 2.47. The van der Waals surface area contributed by atoms with Crippen molar-refractivity contribution < 1.29 is 0 Å². The SMILES string of the molecule is c1ccc(-n2c3ccccc3c3cc(-c4cccc5c6cc7ccccc7c7c8nc9c(cc8n(c45)c67)c4cccc5c6ccccc6n9c54)ccc32)cc1. The summed E-state index contributed by atoms with van der Waals surface area (Å²) < 4.78 is 7.32. The molecule has 14 aromatic rings. The van der Waals surface area contributed by atoms with Gasteiger partial charge in [0.2, 0.25) is 0 Å². The van der Waals surface area contributed by atoms with Gasteiger partial charge in [0.1, 0.15) is 5.65 Å². The molecule has 6 heterocycles. The van der Waals surface area contributed by atoms with Gasteiger partial charge in [-0.1, -0.05) is 121 Å². The quantitative estimate of drug-likeness (QED) is 0.177. The number of fused-ring (bicyclic) bond motifs is 17. The lowest BCUT2D eigenvalue weighted by Crippen LogP contribution is -1.93. The van der Waals surface area contributed by atoms with Gasteiger partial charge in [0.15, 0.2) is 0 Å². The van der Waals surface area contributed by atoms with Crippen molar-refractivity contribution in [2.45, 2.75) is 0 Å². The lowest BCUT2D eigenvalue weighted by atomic mass is 9.98. The molecule has 8 aromatic carbocycles. The van der Waals surface area contributed by atoms with Crippen LogP contribution >= 0.6 is 0 Å². The van der Waals surface area contributed by atoms with Crippen molar-refractivity contribution >= 4 is 109 Å². The predicted octanol–water partition coefficient (Wildman–Crippen LogP) is 13.3. The Morgan fingerprint density at radius 1 is 0.364 bits per heavy atom. The van der Waals surface area contributed by atoms with Gasteiger partial charge >= 0.3 is 0 Å². The molecule has 14 rings (SSSR count). The summed E-state index contributed by atoms with van der Waals surface area (Å²) in [5.74, 6) is 0. The molecule has 0 saturated heterocycles. The molecule has 0 bridgehead atoms. The molecule has 0 fully saturated rings. The number of pyridine rings is 1. The van der Waals surface area contributed by atoms with Crippen molar-refractivity contribution in [2.75, 3.05) is 0 Å². The molecule has 0 aliphatic rings. The van der Waals surface area contributed by atoms with Gasteiger partial charge < -0.3 is 8.97 Å². The van der Waals surface area contributed by atoms with Gasteiger partial charge in [0, 0.05) is 59.7 Å². The first-order valence-corrected chi connectivity index (χ1v) is 19.0. The van der Waals surface area contributed by atoms with E-state index in [0.29, 0.717) is 0 Å². The summed E-state index contributed by atoms with van der Waals surface area (Å²) in [5.41, 5.74) is 14.1. The van der Waals surface area contributed by atoms with Crippen LogP contribution in [-0.2, 0) is 0 Å². The van der Waals surface area contributed by atoms with Crippen LogP contribution in [0.1, 0.15) is 0 Å². The zero-order valence-electron chi connectivity index (χ0n) is 29.5. The smallest absolute Gasteiger partial charge is 0.146 e. The molecule has 55 heavy (non-hydrogen) atoms. The van der Waals surface area contributed by atoms with Crippen LogP contribution in [-0.4, -0.2) is 18.4 Å². The Balaban J connectivity index is 1.15. The third-order valence-electron chi connectivity index (χ3n) is 12.4. The lowest BCUT2D eigenvalue weighted by molar-refractivity contribution is 1.18. The minimum Gasteiger partial charge on any atom is -0.309 e. The Bertz CT molecular complexity index is 3940. The largest absolute Gasteiger partial charge is 0.309 e. The molecule has 6 aromatic heterocycles. The molecule has 0 radical (unpaired) electrons. The summed E-state index contributed by atoms with van der Waals surface area (Å²) >= 11 is 0. The summed E-state index contributed by atoms with van der Waals surface area (Å²) in [5, 5.41) is 13.7. The molecule has 0 unspecified atom stereocenters. The molecule has 4 heteroatoms. The van der Waals surface area contributed by atoms with Crippen molar-refractivity contribution in [3.63, 3.8) is 0 Å². The van der Waals surface area contributed by atoms with Gasteiger partial charge in [-0.2, -0.15) is 0 Å². The van der Waals surface area contributed by atoms with Crippen molar-refractivity contribution in [1.82, 2.24) is 18.4 Å². The van der Waals surface area contributed by atoms with E-state index in [4.69, 9.17) is 4.98 Å². The van der Waals surface area contributed by atoms with Gasteiger partial charge in [-0.15, -0.1) is 0 Å². The van der Waals surface area contributed by atoms with Crippen LogP contribution in [0.15, 0.2) is 170 Å². The number of aromatic nitrogens is 4. The van der Waals surface area contributed by atoms with Gasteiger partial charge in [0.25, 0.3) is 0 Å². The fraction of sp³-hybridized carbons (Fsp3) is 0. The Morgan fingerprint density at radius 2 is 1.02 bits per heavy atom. The second-order valence-electron chi connectivity index (χ2n) is 15.1. The van der Waals surface area contributed by atoms with E-state index in [1.54, 1.807) is 0 Å². The number of hydrogen-bond donors (Lipinski definition) is 0. The van der Waals surface area contributed by atoms with Crippen molar-refractivity contribution in [1.29, 1.82) is 0 Å². The minimum atomic E-state index is 1.02. The van der Waals surface area contributed by atoms with Crippen LogP contribution in [0.2, 0.25) is 0 Å². The van der Waals surface area contributed by atoms with Crippen LogP contribution in [0.5, 0.6) is 0 Å². The number of para-hydroxylation sites is 5. The first-order chi connectivity index (χ1) is 27.3. The molecule has 0 aliphatic carbocycles. The second-order valence-corrected chi connectivity index (χ2v) is 15.1. The van der Waals surface area contributed by atoms with Gasteiger partial charge in [0.05, 0.1) is 44.1 Å². The molecule has 0 aliphatic heterocycles. The molecule has 0 N–H and O–H groups in total. The van der Waals surface area contributed by atoms with Gasteiger partial charge in [-0.05, 0) is 64.9 Å². The number of benzene rings is 8. The highest BCUT2D eigenvalue weighted by molar-refractivity contribution is 6.33. The maximum atomic E-state index is 5.71. The zero-order valence-corrected chi connectivity index (χ0v) is 29.5. The summed E-state index contributed by atoms with van der Waals surface area (Å²) in [7, 11) is 0. The summed E-state index contributed by atoms with van der Waals surface area (Å²) in [6, 6.07) is 62.5. The average molecular weight is 697 g/mol. The number of nitrogens with zero attached hydrogens (tertiary/aromatic N) is 4. The van der Waals surface area contributed by atoms with Crippen molar-refractivity contribution in [2.24, 2.45) is 0 Å². The van der Waals surface area contributed by atoms with E-state index in [1.165, 1.54) is 109 Å². The van der Waals surface area contributed by atoms with Crippen LogP contribution in [0.25, 0.3) is 126 Å². The van der Waals surface area contributed by atoms with Crippen molar-refractivity contribution in [3.8, 4) is 16.8 Å². The third kappa shape index (κ3) is 3.33. The highest BCUT2D eigenvalue weighted by atomic mass is 15.0. The molecule has 0 atom stereocenters. The fourth-order valence-electron chi connectivity index (χ4n) is 10.3. The Hall–Kier alpha value is -7.43. The molecule has 0 amide bonds. The maximum Gasteiger partial charge on any atom is 0.146 e. The summed E-state index contributed by atoms with van der Waals surface area (Å²) in [6.07, 6.45) is 0. The average Bonchev–Trinajstić information content (AvgIpc) is 4.03. The normalized spacial score (nSPS) is 12.7. The van der Waals surface area contributed by atoms with Gasteiger partial charge in [-0.25, -0.2) is 4.98 Å². The first kappa shape index (κ1) is 28.1. The van der Waals surface area contributed by atoms with Crippen LogP contribution in [0.4, 0.5) is 0 Å². The van der Waals surface area contributed by atoms with Crippen LogP contribution in [0, 0.1) is 0 Å². The number of hydrogen-bond acceptors (Lipinski definition) is 1. The third-order valence-corrected chi connectivity index (χ3v) is 12.4. The zero-order chi connectivity index (χ0) is 35.5. The fourth-order valence-corrected chi connectivity index (χ4v) is 10.3. The Labute approximate surface area is 313 Å². The van der Waals surface area contributed by atoms with E-state index < -0.39 is 0 Å². The summed E-state index contributed by atoms with van der Waals surface area (Å²) in [6.45, 7) is 0. The molecule has 0 spiro atoms. The van der Waals surface area contributed by atoms with Crippen molar-refractivity contribution in [3.05, 3.63) is 170 Å². The van der Waals surface area contributed by atoms with E-state index >= 15 is 0 Å². The molecule has 4 nitrogen and oxygen atoms in total. The Morgan fingerprint density at radius 3 is 1.87 bits per heavy atom. The van der Waals surface area contributed by atoms with E-state index in [1.807, 2.05) is 0 Å². The molecule has 0 saturated carbocycles. The molecular formula is C51H28N4. The molecular weight excluding hydrogens is 669 g/mol. The molecule has 252 valence electrons. The first-order valence-electron chi connectivity index (χ1n) is 19.0. The predicted molar refractivity (Wildman–Crippen MR) is 231 cm³/mol. The monoisotopic (exact) mass is 696 g/mol. The van der Waals surface area contributed by atoms with E-state index in [9.17, 15) is 0 Å². The van der Waals surface area contributed by atoms with Crippen LogP contribution in [0.3, 0.4) is 0 Å². The maximum absolute atomic E-state index is 5.71. The van der Waals surface area contributed by atoms with E-state index in [0.717, 1.165) is 16.7 Å². The van der Waals surface area contributed by atoms with Gasteiger partial charge in [-0.3, -0.25) is 4.40 Å². The van der Waals surface area contributed by atoms with Crippen LogP contribution < -0.4 is 0 Å². The minimum absolute atomic E-state index is 1.02. The van der Waals surface area contributed by atoms with E-state index in [2.05, 4.69) is 183 Å². The second kappa shape index (κ2) is 9.75. The highest BCUT2D eigenvalue weighted by Gasteiger charge is 2.26. The summed E-state index contributed by atoms with van der Waals surface area (Å²) in [4.78, 5) is 5.71. The standard InChI is InChI=1S/C51H28N4/c1-2-13-31(14-3-1)53-42-22-8-7-17-35(42)39-26-30(24-25-44(39)53)33-18-10-20-37-40-27-29-12-4-5-15-32(29)46-47-45(54(48(33)37)50(40)46)28-41-38-21-11-19-36-34-16-6-9-23-43(34)55(49(36)38)51(41)52-47/h1-28H.